The lowest BCUT2D eigenvalue weighted by Crippen LogP contribution is -2.30. The molecule has 1 atom stereocenters. The van der Waals surface area contributed by atoms with E-state index in [4.69, 9.17) is 0 Å². The van der Waals surface area contributed by atoms with Gasteiger partial charge in [-0.25, -0.2) is 9.37 Å². The highest BCUT2D eigenvalue weighted by Crippen LogP contribution is 2.34. The molecular formula is C19H23FN2OS. The lowest BCUT2D eigenvalue weighted by atomic mass is 10.0. The van der Waals surface area contributed by atoms with Gasteiger partial charge in [0.25, 0.3) is 5.91 Å². The molecule has 3 rings (SSSR count). The normalized spacial score (nSPS) is 17.7. The van der Waals surface area contributed by atoms with Crippen molar-refractivity contribution in [3.63, 3.8) is 0 Å². The molecule has 0 aliphatic carbocycles. The summed E-state index contributed by atoms with van der Waals surface area (Å²) < 4.78 is 13.2. The maximum Gasteiger partial charge on any atom is 0.266 e. The number of hydrogen-bond acceptors (Lipinski definition) is 3. The predicted octanol–water partition coefficient (Wildman–Crippen LogP) is 4.77. The molecule has 1 amide bonds. The van der Waals surface area contributed by atoms with Crippen molar-refractivity contribution in [1.82, 2.24) is 9.88 Å². The minimum absolute atomic E-state index is 0.0353. The molecule has 1 unspecified atom stereocenters. The van der Waals surface area contributed by atoms with Gasteiger partial charge in [-0.2, -0.15) is 0 Å². The van der Waals surface area contributed by atoms with Crippen LogP contribution in [0, 0.1) is 18.7 Å². The van der Waals surface area contributed by atoms with Crippen LogP contribution in [0.5, 0.6) is 0 Å². The van der Waals surface area contributed by atoms with Crippen LogP contribution in [-0.4, -0.2) is 22.3 Å². The van der Waals surface area contributed by atoms with E-state index in [0.29, 0.717) is 5.92 Å². The molecule has 3 nitrogen and oxygen atoms in total. The first-order valence-electron chi connectivity index (χ1n) is 8.48. The Hall–Kier alpha value is -1.75. The number of halogens is 1. The van der Waals surface area contributed by atoms with E-state index in [0.717, 1.165) is 46.9 Å². The molecule has 2 aromatic rings. The fourth-order valence-corrected chi connectivity index (χ4v) is 4.49. The molecule has 1 aromatic carbocycles. The van der Waals surface area contributed by atoms with E-state index in [1.54, 1.807) is 12.1 Å². The zero-order chi connectivity index (χ0) is 17.3. The average Bonchev–Trinajstić information content (AvgIpc) is 3.14. The Morgan fingerprint density at radius 3 is 2.75 bits per heavy atom. The fraction of sp³-hybridized carbons (Fsp3) is 0.474. The first kappa shape index (κ1) is 17.1. The molecule has 0 spiro atoms. The molecule has 24 heavy (non-hydrogen) atoms. The topological polar surface area (TPSA) is 33.2 Å². The quantitative estimate of drug-likeness (QED) is 0.799. The number of rotatable bonds is 4. The zero-order valence-electron chi connectivity index (χ0n) is 14.4. The van der Waals surface area contributed by atoms with Gasteiger partial charge in [-0.05, 0) is 43.4 Å². The third-order valence-corrected chi connectivity index (χ3v) is 5.55. The van der Waals surface area contributed by atoms with E-state index in [2.05, 4.69) is 18.8 Å². The average molecular weight is 346 g/mol. The number of amides is 1. The number of thiazole rings is 1. The van der Waals surface area contributed by atoms with E-state index in [-0.39, 0.29) is 17.8 Å². The van der Waals surface area contributed by atoms with Crippen molar-refractivity contribution in [2.45, 2.75) is 46.1 Å². The molecule has 0 N–H and O–H groups in total. The van der Waals surface area contributed by atoms with E-state index in [1.807, 2.05) is 11.8 Å². The summed E-state index contributed by atoms with van der Waals surface area (Å²) in [6, 6.07) is 6.54. The van der Waals surface area contributed by atoms with Crippen LogP contribution in [-0.2, 0) is 6.42 Å². The maximum absolute atomic E-state index is 13.2. The number of carbonyl (C=O) groups is 1. The summed E-state index contributed by atoms with van der Waals surface area (Å²) in [7, 11) is 0. The predicted molar refractivity (Wildman–Crippen MR) is 94.8 cm³/mol. The molecule has 1 aliphatic rings. The molecule has 1 aliphatic heterocycles. The molecule has 128 valence electrons. The first-order valence-corrected chi connectivity index (χ1v) is 9.30. The molecule has 2 heterocycles. The zero-order valence-corrected chi connectivity index (χ0v) is 15.2. The number of aromatic nitrogens is 1. The van der Waals surface area contributed by atoms with Gasteiger partial charge in [0.05, 0.1) is 16.7 Å². The van der Waals surface area contributed by atoms with Crippen LogP contribution in [0.3, 0.4) is 0 Å². The fourth-order valence-electron chi connectivity index (χ4n) is 3.26. The minimum atomic E-state index is -0.244. The van der Waals surface area contributed by atoms with Crippen LogP contribution >= 0.6 is 11.3 Å². The molecule has 0 saturated carbocycles. The molecular weight excluding hydrogens is 323 g/mol. The highest BCUT2D eigenvalue weighted by atomic mass is 32.1. The van der Waals surface area contributed by atoms with Gasteiger partial charge in [-0.3, -0.25) is 4.79 Å². The summed E-state index contributed by atoms with van der Waals surface area (Å²) in [4.78, 5) is 20.3. The summed E-state index contributed by atoms with van der Waals surface area (Å²) in [5.74, 6) is 0.343. The van der Waals surface area contributed by atoms with Crippen molar-refractivity contribution in [2.24, 2.45) is 5.92 Å². The van der Waals surface area contributed by atoms with Crippen molar-refractivity contribution in [1.29, 1.82) is 0 Å². The van der Waals surface area contributed by atoms with Crippen molar-refractivity contribution >= 4 is 17.2 Å². The van der Waals surface area contributed by atoms with Crippen LogP contribution in [0.1, 0.15) is 58.7 Å². The number of likely N-dealkylation sites (tertiary alicyclic amines) is 1. The summed E-state index contributed by atoms with van der Waals surface area (Å²) in [6.45, 7) is 6.97. The van der Waals surface area contributed by atoms with Gasteiger partial charge in [0.15, 0.2) is 0 Å². The summed E-state index contributed by atoms with van der Waals surface area (Å²) in [6.07, 6.45) is 2.80. The monoisotopic (exact) mass is 346 g/mol. The number of carbonyl (C=O) groups excluding carboxylic acids is 1. The molecule has 1 saturated heterocycles. The van der Waals surface area contributed by atoms with Crippen molar-refractivity contribution in [2.75, 3.05) is 6.54 Å². The number of hydrogen-bond donors (Lipinski definition) is 0. The third kappa shape index (κ3) is 3.51. The molecule has 0 bridgehead atoms. The number of aryl methyl sites for hydroxylation is 1. The third-order valence-electron chi connectivity index (χ3n) is 4.39. The lowest BCUT2D eigenvalue weighted by Gasteiger charge is -2.24. The van der Waals surface area contributed by atoms with Crippen LogP contribution in [0.25, 0.3) is 0 Å². The summed E-state index contributed by atoms with van der Waals surface area (Å²) in [5, 5.41) is 1.03. The summed E-state index contributed by atoms with van der Waals surface area (Å²) in [5.41, 5.74) is 1.83. The highest BCUT2D eigenvalue weighted by molar-refractivity contribution is 7.13. The van der Waals surface area contributed by atoms with Crippen molar-refractivity contribution < 1.29 is 9.18 Å². The van der Waals surface area contributed by atoms with Crippen LogP contribution < -0.4 is 0 Å². The minimum Gasteiger partial charge on any atom is -0.331 e. The van der Waals surface area contributed by atoms with E-state index >= 15 is 0 Å². The van der Waals surface area contributed by atoms with Gasteiger partial charge in [0, 0.05) is 13.0 Å². The molecule has 0 radical (unpaired) electrons. The Morgan fingerprint density at radius 1 is 1.38 bits per heavy atom. The Kier molecular flexibility index (Phi) is 4.99. The highest BCUT2D eigenvalue weighted by Gasteiger charge is 2.32. The standard InChI is InChI=1S/C19H23FN2OS/c1-12(2)11-17-21-13(3)18(24-17)19(23)22-10-4-5-16(22)14-6-8-15(20)9-7-14/h6-9,12,16H,4-5,10-11H2,1-3H3. The van der Waals surface area contributed by atoms with Crippen molar-refractivity contribution in [3.8, 4) is 0 Å². The van der Waals surface area contributed by atoms with Gasteiger partial charge in [0.2, 0.25) is 0 Å². The van der Waals surface area contributed by atoms with Crippen LogP contribution in [0.4, 0.5) is 4.39 Å². The second-order valence-electron chi connectivity index (χ2n) is 6.83. The first-order chi connectivity index (χ1) is 11.5. The van der Waals surface area contributed by atoms with Gasteiger partial charge in [-0.15, -0.1) is 11.3 Å². The Morgan fingerprint density at radius 2 is 2.08 bits per heavy atom. The van der Waals surface area contributed by atoms with E-state index in [9.17, 15) is 9.18 Å². The van der Waals surface area contributed by atoms with Crippen LogP contribution in [0.15, 0.2) is 24.3 Å². The van der Waals surface area contributed by atoms with Gasteiger partial charge < -0.3 is 4.90 Å². The van der Waals surface area contributed by atoms with E-state index < -0.39 is 0 Å². The second kappa shape index (κ2) is 7.01. The van der Waals surface area contributed by atoms with Crippen LogP contribution in [0.2, 0.25) is 0 Å². The SMILES string of the molecule is Cc1nc(CC(C)C)sc1C(=O)N1CCCC1c1ccc(F)cc1. The lowest BCUT2D eigenvalue weighted by molar-refractivity contribution is 0.0739. The largest absolute Gasteiger partial charge is 0.331 e. The number of nitrogens with zero attached hydrogens (tertiary/aromatic N) is 2. The summed E-state index contributed by atoms with van der Waals surface area (Å²) >= 11 is 1.52. The Bertz CT molecular complexity index is 723. The molecule has 1 fully saturated rings. The van der Waals surface area contributed by atoms with Gasteiger partial charge in [0.1, 0.15) is 10.7 Å². The van der Waals surface area contributed by atoms with Crippen molar-refractivity contribution in [3.05, 3.63) is 51.2 Å². The smallest absolute Gasteiger partial charge is 0.266 e. The molecule has 5 heteroatoms. The molecule has 1 aromatic heterocycles. The number of benzene rings is 1. The van der Waals surface area contributed by atoms with Gasteiger partial charge in [-0.1, -0.05) is 26.0 Å². The van der Waals surface area contributed by atoms with Gasteiger partial charge >= 0.3 is 0 Å². The second-order valence-corrected chi connectivity index (χ2v) is 7.91. The van der Waals surface area contributed by atoms with E-state index in [1.165, 1.54) is 23.5 Å². The Labute approximate surface area is 146 Å². The maximum atomic E-state index is 13.2. The Balaban J connectivity index is 1.83.